The van der Waals surface area contributed by atoms with Gasteiger partial charge < -0.3 is 4.74 Å². The highest BCUT2D eigenvalue weighted by Gasteiger charge is 2.13. The van der Waals surface area contributed by atoms with Crippen LogP contribution in [0.1, 0.15) is 18.1 Å². The fraction of sp³-hybridized carbons (Fsp3) is 0.130. The molecule has 0 radical (unpaired) electrons. The Morgan fingerprint density at radius 3 is 2.53 bits per heavy atom. The number of rotatable bonds is 8. The minimum atomic E-state index is -0.250. The molecule has 1 N–H and O–H groups in total. The van der Waals surface area contributed by atoms with Gasteiger partial charge >= 0.3 is 0 Å². The van der Waals surface area contributed by atoms with E-state index < -0.39 is 0 Å². The number of carbonyl (C=O) groups is 1. The number of hydrazone groups is 1. The van der Waals surface area contributed by atoms with Crippen LogP contribution in [0, 0.1) is 0 Å². The summed E-state index contributed by atoms with van der Waals surface area (Å²) in [6.45, 7) is 2.19. The molecule has 0 saturated heterocycles. The van der Waals surface area contributed by atoms with Crippen molar-refractivity contribution < 1.29 is 9.53 Å². The van der Waals surface area contributed by atoms with Crippen LogP contribution in [0.5, 0.6) is 5.75 Å². The summed E-state index contributed by atoms with van der Waals surface area (Å²) in [5.74, 6) is 0.551. The Kier molecular flexibility index (Phi) is 8.20. The third kappa shape index (κ3) is 6.80. The first kappa shape index (κ1) is 22.2. The van der Waals surface area contributed by atoms with Crippen molar-refractivity contribution >= 4 is 47.1 Å². The van der Waals surface area contributed by atoms with E-state index in [1.165, 1.54) is 11.8 Å². The fourth-order valence-electron chi connectivity index (χ4n) is 2.47. The second kappa shape index (κ2) is 11.1. The highest BCUT2D eigenvalue weighted by molar-refractivity contribution is 8.00. The number of ether oxygens (including phenoxy) is 1. The molecule has 1 amide bonds. The van der Waals surface area contributed by atoms with Crippen molar-refractivity contribution in [1.29, 1.82) is 0 Å². The first-order valence-corrected chi connectivity index (χ1v) is 10.9. The lowest BCUT2D eigenvalue weighted by Gasteiger charge is -2.09. The number of halogens is 2. The fourth-order valence-corrected chi connectivity index (χ4v) is 3.81. The monoisotopic (exact) mass is 458 g/mol. The molecule has 3 aromatic carbocycles. The Bertz CT molecular complexity index is 1010. The largest absolute Gasteiger partial charge is 0.489 e. The standard InChI is InChI=1S/C23H20Cl2N2O2S/c1-16(30-21-5-3-2-4-6-21)23(28)27-26-14-17-7-11-20(12-8-17)29-15-18-9-10-19(24)13-22(18)25/h2-14,16H,15H2,1H3,(H,27,28). The van der Waals surface area contributed by atoms with Crippen molar-refractivity contribution in [3.8, 4) is 5.75 Å². The van der Waals surface area contributed by atoms with Crippen LogP contribution in [0.25, 0.3) is 0 Å². The summed E-state index contributed by atoms with van der Waals surface area (Å²) in [6.07, 6.45) is 1.59. The summed E-state index contributed by atoms with van der Waals surface area (Å²) in [6, 6.07) is 22.5. The summed E-state index contributed by atoms with van der Waals surface area (Å²) in [4.78, 5) is 13.2. The Balaban J connectivity index is 1.47. The highest BCUT2D eigenvalue weighted by Crippen LogP contribution is 2.23. The van der Waals surface area contributed by atoms with Gasteiger partial charge in [-0.25, -0.2) is 5.43 Å². The minimum absolute atomic E-state index is 0.153. The number of hydrogen-bond donors (Lipinski definition) is 1. The quantitative estimate of drug-likeness (QED) is 0.248. The molecular weight excluding hydrogens is 439 g/mol. The molecule has 0 spiro atoms. The first-order valence-electron chi connectivity index (χ1n) is 9.22. The molecule has 30 heavy (non-hydrogen) atoms. The van der Waals surface area contributed by atoms with Gasteiger partial charge in [-0.3, -0.25) is 4.79 Å². The number of hydrogen-bond acceptors (Lipinski definition) is 4. The van der Waals surface area contributed by atoms with Gasteiger partial charge in [-0.2, -0.15) is 5.10 Å². The zero-order valence-electron chi connectivity index (χ0n) is 16.2. The number of nitrogens with zero attached hydrogens (tertiary/aromatic N) is 1. The van der Waals surface area contributed by atoms with Gasteiger partial charge in [-0.15, -0.1) is 11.8 Å². The summed E-state index contributed by atoms with van der Waals surface area (Å²) in [5.41, 5.74) is 4.28. The highest BCUT2D eigenvalue weighted by atomic mass is 35.5. The Labute approximate surface area is 190 Å². The van der Waals surface area contributed by atoms with E-state index in [-0.39, 0.29) is 11.2 Å². The molecule has 1 unspecified atom stereocenters. The van der Waals surface area contributed by atoms with Gasteiger partial charge in [0.2, 0.25) is 0 Å². The predicted molar refractivity (Wildman–Crippen MR) is 125 cm³/mol. The third-order valence-corrected chi connectivity index (χ3v) is 5.80. The van der Waals surface area contributed by atoms with Crippen molar-refractivity contribution in [2.24, 2.45) is 5.10 Å². The molecular formula is C23H20Cl2N2O2S. The second-order valence-electron chi connectivity index (χ2n) is 6.40. The van der Waals surface area contributed by atoms with Crippen LogP contribution < -0.4 is 10.2 Å². The van der Waals surface area contributed by atoms with Gasteiger partial charge in [0.15, 0.2) is 0 Å². The Morgan fingerprint density at radius 2 is 1.83 bits per heavy atom. The molecule has 4 nitrogen and oxygen atoms in total. The van der Waals surface area contributed by atoms with E-state index in [1.54, 1.807) is 18.3 Å². The zero-order chi connectivity index (χ0) is 21.3. The number of amides is 1. The van der Waals surface area contributed by atoms with Crippen molar-refractivity contribution in [1.82, 2.24) is 5.43 Å². The van der Waals surface area contributed by atoms with Crippen LogP contribution in [0.4, 0.5) is 0 Å². The second-order valence-corrected chi connectivity index (χ2v) is 8.66. The van der Waals surface area contributed by atoms with E-state index in [1.807, 2.05) is 67.6 Å². The lowest BCUT2D eigenvalue weighted by Crippen LogP contribution is -2.26. The van der Waals surface area contributed by atoms with Crippen LogP contribution in [0.15, 0.2) is 82.8 Å². The van der Waals surface area contributed by atoms with Crippen molar-refractivity contribution in [3.63, 3.8) is 0 Å². The van der Waals surface area contributed by atoms with E-state index in [0.29, 0.717) is 22.4 Å². The molecule has 0 aromatic heterocycles. The van der Waals surface area contributed by atoms with Gasteiger partial charge in [-0.1, -0.05) is 47.5 Å². The van der Waals surface area contributed by atoms with E-state index in [0.717, 1.165) is 16.0 Å². The molecule has 1 atom stereocenters. The maximum Gasteiger partial charge on any atom is 0.253 e. The van der Waals surface area contributed by atoms with Gasteiger partial charge in [0, 0.05) is 20.5 Å². The van der Waals surface area contributed by atoms with Crippen LogP contribution in [-0.2, 0) is 11.4 Å². The van der Waals surface area contributed by atoms with Gasteiger partial charge in [0.1, 0.15) is 12.4 Å². The molecule has 3 rings (SSSR count). The maximum atomic E-state index is 12.2. The van der Waals surface area contributed by atoms with Crippen molar-refractivity contribution in [2.45, 2.75) is 23.7 Å². The summed E-state index contributed by atoms with van der Waals surface area (Å²) < 4.78 is 5.75. The lowest BCUT2D eigenvalue weighted by atomic mass is 10.2. The SMILES string of the molecule is CC(Sc1ccccc1)C(=O)NN=Cc1ccc(OCc2ccc(Cl)cc2Cl)cc1. The Morgan fingerprint density at radius 1 is 1.10 bits per heavy atom. The maximum absolute atomic E-state index is 12.2. The number of thioether (sulfide) groups is 1. The molecule has 0 aliphatic carbocycles. The molecule has 0 aliphatic rings. The lowest BCUT2D eigenvalue weighted by molar-refractivity contribution is -0.120. The van der Waals surface area contributed by atoms with Crippen molar-refractivity contribution in [2.75, 3.05) is 0 Å². The number of benzene rings is 3. The molecule has 154 valence electrons. The zero-order valence-corrected chi connectivity index (χ0v) is 18.5. The average Bonchev–Trinajstić information content (AvgIpc) is 2.74. The van der Waals surface area contributed by atoms with E-state index in [9.17, 15) is 4.79 Å². The third-order valence-electron chi connectivity index (χ3n) is 4.10. The summed E-state index contributed by atoms with van der Waals surface area (Å²) in [5, 5.41) is 4.95. The van der Waals surface area contributed by atoms with Crippen LogP contribution in [0.3, 0.4) is 0 Å². The minimum Gasteiger partial charge on any atom is -0.489 e. The van der Waals surface area contributed by atoms with Crippen LogP contribution in [-0.4, -0.2) is 17.4 Å². The van der Waals surface area contributed by atoms with Gasteiger partial charge in [-0.05, 0) is 61.0 Å². The molecule has 0 saturated carbocycles. The predicted octanol–water partition coefficient (Wildman–Crippen LogP) is 6.20. The average molecular weight is 459 g/mol. The smallest absolute Gasteiger partial charge is 0.253 e. The van der Waals surface area contributed by atoms with Crippen LogP contribution in [0.2, 0.25) is 10.0 Å². The number of nitrogens with one attached hydrogen (secondary N) is 1. The summed E-state index contributed by atoms with van der Waals surface area (Å²) in [7, 11) is 0. The normalized spacial score (nSPS) is 12.0. The summed E-state index contributed by atoms with van der Waals surface area (Å²) >= 11 is 13.5. The first-order chi connectivity index (χ1) is 14.5. The Hall–Kier alpha value is -2.47. The topological polar surface area (TPSA) is 50.7 Å². The van der Waals surface area contributed by atoms with Crippen molar-refractivity contribution in [3.05, 3.63) is 94.0 Å². The van der Waals surface area contributed by atoms with E-state index in [4.69, 9.17) is 27.9 Å². The number of carbonyl (C=O) groups excluding carboxylic acids is 1. The molecule has 3 aromatic rings. The van der Waals surface area contributed by atoms with Gasteiger partial charge in [0.05, 0.1) is 11.5 Å². The van der Waals surface area contributed by atoms with E-state index >= 15 is 0 Å². The molecule has 0 fully saturated rings. The van der Waals surface area contributed by atoms with E-state index in [2.05, 4.69) is 10.5 Å². The molecule has 7 heteroatoms. The van der Waals surface area contributed by atoms with Gasteiger partial charge in [0.25, 0.3) is 5.91 Å². The molecule has 0 bridgehead atoms. The van der Waals surface area contributed by atoms with Crippen LogP contribution >= 0.6 is 35.0 Å². The molecule has 0 aliphatic heterocycles. The molecule has 0 heterocycles.